The van der Waals surface area contributed by atoms with Crippen LogP contribution < -0.4 is 19.7 Å². The van der Waals surface area contributed by atoms with E-state index in [1.165, 1.54) is 0 Å². The Kier molecular flexibility index (Phi) is 9.67. The number of hydrogen-bond donors (Lipinski definition) is 1. The van der Waals surface area contributed by atoms with Gasteiger partial charge >= 0.3 is 18.1 Å². The second kappa shape index (κ2) is 14.7. The van der Waals surface area contributed by atoms with Gasteiger partial charge in [0.25, 0.3) is 0 Å². The van der Waals surface area contributed by atoms with Crippen molar-refractivity contribution in [3.63, 3.8) is 0 Å². The van der Waals surface area contributed by atoms with Gasteiger partial charge in [0.15, 0.2) is 5.82 Å². The average molecular weight is 793 g/mol. The zero-order valence-corrected chi connectivity index (χ0v) is 33.3. The number of benzene rings is 3. The van der Waals surface area contributed by atoms with E-state index in [4.69, 9.17) is 40.8 Å². The van der Waals surface area contributed by atoms with Gasteiger partial charge in [0.1, 0.15) is 29.4 Å². The van der Waals surface area contributed by atoms with Crippen molar-refractivity contribution in [2.45, 2.75) is 83.2 Å². The minimum atomic E-state index is -0.635. The van der Waals surface area contributed by atoms with E-state index in [2.05, 4.69) is 15.1 Å². The molecule has 10 rings (SSSR count). The first-order valence-corrected chi connectivity index (χ1v) is 20.4. The molecule has 0 saturated carbocycles. The third-order valence-electron chi connectivity index (χ3n) is 12.5. The highest BCUT2D eigenvalue weighted by Crippen LogP contribution is 2.42. The standard InChI is InChI=1S/C44H46ClFN6O5/c1-26-12-13-33(45)27(2)34(26)40(53)57-30-21-29-10-4-9-28-11-5-20-55-42(54)50-43(3)14-6-17-51(24-43)39-32-23-47-37(31(22-30)35(28)29)36(46)38(32)48-41(49-39)56-25-44-15-7-18-52(44)19-8-16-44/h4,9-10,12-13,21-23H,5-8,11,14-20,24-25H2,1-3H3,(H,50,54). The number of ether oxygens (including phenoxy) is 3. The van der Waals surface area contributed by atoms with Crippen LogP contribution >= 0.6 is 11.6 Å². The lowest BCUT2D eigenvalue weighted by Crippen LogP contribution is -2.57. The third-order valence-corrected chi connectivity index (χ3v) is 12.9. The summed E-state index contributed by atoms with van der Waals surface area (Å²) in [5.74, 6) is -0.491. The van der Waals surface area contributed by atoms with Crippen molar-refractivity contribution in [3.05, 3.63) is 81.8 Å². The number of hydrogen-bond acceptors (Lipinski definition) is 10. The molecular weight excluding hydrogens is 747 g/mol. The molecule has 1 N–H and O–H groups in total. The van der Waals surface area contributed by atoms with E-state index in [1.807, 2.05) is 32.0 Å². The molecule has 3 saturated heterocycles. The van der Waals surface area contributed by atoms with Gasteiger partial charge < -0.3 is 24.4 Å². The lowest BCUT2D eigenvalue weighted by molar-refractivity contribution is 0.0733. The summed E-state index contributed by atoms with van der Waals surface area (Å²) in [5, 5.41) is 5.47. The Labute approximate surface area is 335 Å². The largest absolute Gasteiger partial charge is 0.461 e. The Hall–Kier alpha value is -5.07. The molecule has 13 heteroatoms. The minimum Gasteiger partial charge on any atom is -0.461 e. The van der Waals surface area contributed by atoms with E-state index in [9.17, 15) is 9.59 Å². The van der Waals surface area contributed by atoms with Crippen molar-refractivity contribution in [2.24, 2.45) is 0 Å². The summed E-state index contributed by atoms with van der Waals surface area (Å²) in [7, 11) is 0. The number of anilines is 1. The van der Waals surface area contributed by atoms with Gasteiger partial charge in [0.05, 0.1) is 28.6 Å². The number of halogens is 2. The molecule has 0 aliphatic carbocycles. The first-order valence-electron chi connectivity index (χ1n) is 20.0. The van der Waals surface area contributed by atoms with Gasteiger partial charge in [-0.15, -0.1) is 0 Å². The summed E-state index contributed by atoms with van der Waals surface area (Å²) in [4.78, 5) is 46.0. The fourth-order valence-corrected chi connectivity index (χ4v) is 9.79. The van der Waals surface area contributed by atoms with E-state index < -0.39 is 23.4 Å². The molecule has 7 heterocycles. The molecule has 5 aliphatic rings. The van der Waals surface area contributed by atoms with Crippen LogP contribution in [0.3, 0.4) is 0 Å². The number of rotatable bonds is 5. The van der Waals surface area contributed by atoms with Crippen molar-refractivity contribution in [2.75, 3.05) is 44.3 Å². The average Bonchev–Trinajstić information content (AvgIpc) is 3.77. The number of pyridine rings is 1. The van der Waals surface area contributed by atoms with Gasteiger partial charge in [-0.2, -0.15) is 9.97 Å². The van der Waals surface area contributed by atoms with E-state index >= 15 is 4.39 Å². The van der Waals surface area contributed by atoms with E-state index in [0.717, 1.165) is 73.5 Å². The molecule has 296 valence electrons. The van der Waals surface area contributed by atoms with Crippen LogP contribution in [0.15, 0.2) is 48.7 Å². The van der Waals surface area contributed by atoms with Gasteiger partial charge in [0, 0.05) is 29.9 Å². The number of carbonyl (C=O) groups is 2. The van der Waals surface area contributed by atoms with Crippen LogP contribution in [-0.2, 0) is 11.2 Å². The van der Waals surface area contributed by atoms with Gasteiger partial charge in [-0.25, -0.2) is 14.0 Å². The molecule has 3 fully saturated rings. The van der Waals surface area contributed by atoms with Crippen molar-refractivity contribution in [1.29, 1.82) is 0 Å². The van der Waals surface area contributed by atoms with Crippen LogP contribution in [0.25, 0.3) is 32.9 Å². The van der Waals surface area contributed by atoms with Crippen molar-refractivity contribution < 1.29 is 28.2 Å². The highest BCUT2D eigenvalue weighted by atomic mass is 35.5. The monoisotopic (exact) mass is 792 g/mol. The summed E-state index contributed by atoms with van der Waals surface area (Å²) >= 11 is 6.41. The molecule has 11 nitrogen and oxygen atoms in total. The number of nitrogens with one attached hydrogen (secondary N) is 1. The first-order chi connectivity index (χ1) is 27.5. The quantitative estimate of drug-likeness (QED) is 0.137. The summed E-state index contributed by atoms with van der Waals surface area (Å²) in [5.41, 5.74) is 2.48. The molecular formula is C44H46ClFN6O5. The predicted molar refractivity (Wildman–Crippen MR) is 217 cm³/mol. The smallest absolute Gasteiger partial charge is 0.407 e. The minimum absolute atomic E-state index is 0.0563. The predicted octanol–water partition coefficient (Wildman–Crippen LogP) is 8.51. The van der Waals surface area contributed by atoms with Crippen LogP contribution in [0.5, 0.6) is 11.8 Å². The summed E-state index contributed by atoms with van der Waals surface area (Å²) in [6.07, 6.45) is 7.99. The van der Waals surface area contributed by atoms with Crippen LogP contribution in [0.4, 0.5) is 15.0 Å². The molecule has 5 aliphatic heterocycles. The Morgan fingerprint density at radius 1 is 1.04 bits per heavy atom. The SMILES string of the molecule is Cc1ccc(Cl)c(C)c1C(=O)Oc1cc2c3c(cccc3c1)CCCOC(=O)NC1(C)CCCN(C1)c1nc(OCC34CCCN3CCC4)nc3c(F)c-2ncc13. The summed E-state index contributed by atoms with van der Waals surface area (Å²) in [6.45, 7) is 9.34. The maximum Gasteiger partial charge on any atom is 0.407 e. The van der Waals surface area contributed by atoms with Gasteiger partial charge in [-0.1, -0.05) is 35.9 Å². The van der Waals surface area contributed by atoms with Crippen LogP contribution in [0.1, 0.15) is 78.9 Å². The zero-order valence-electron chi connectivity index (χ0n) is 32.6. The van der Waals surface area contributed by atoms with Crippen molar-refractivity contribution >= 4 is 51.2 Å². The van der Waals surface area contributed by atoms with E-state index in [0.29, 0.717) is 65.5 Å². The summed E-state index contributed by atoms with van der Waals surface area (Å²) < 4.78 is 35.9. The second-order valence-corrected chi connectivity index (χ2v) is 16.8. The maximum atomic E-state index is 17.6. The Bertz CT molecular complexity index is 2440. The fourth-order valence-electron chi connectivity index (χ4n) is 9.63. The first kappa shape index (κ1) is 37.5. The lowest BCUT2D eigenvalue weighted by Gasteiger charge is -2.41. The Morgan fingerprint density at radius 2 is 1.84 bits per heavy atom. The Morgan fingerprint density at radius 3 is 2.67 bits per heavy atom. The van der Waals surface area contributed by atoms with Crippen LogP contribution in [0.2, 0.25) is 5.02 Å². The van der Waals surface area contributed by atoms with Crippen LogP contribution in [-0.4, -0.2) is 82.4 Å². The number of nitrogens with zero attached hydrogens (tertiary/aromatic N) is 5. The van der Waals surface area contributed by atoms with Crippen LogP contribution in [0, 0.1) is 19.7 Å². The second-order valence-electron chi connectivity index (χ2n) is 16.4. The van der Waals surface area contributed by atoms with Gasteiger partial charge in [0.2, 0.25) is 0 Å². The fraction of sp³-hybridized carbons (Fsp3) is 0.432. The number of carbonyl (C=O) groups excluding carboxylic acids is 2. The molecule has 0 radical (unpaired) electrons. The van der Waals surface area contributed by atoms with Gasteiger partial charge in [-0.3, -0.25) is 9.88 Å². The molecule has 1 atom stereocenters. The van der Waals surface area contributed by atoms with Crippen molar-refractivity contribution in [3.8, 4) is 23.0 Å². The zero-order chi connectivity index (χ0) is 39.5. The molecule has 0 spiro atoms. The molecule has 2 aromatic heterocycles. The Balaban J connectivity index is 1.21. The molecule has 5 aromatic rings. The molecule has 6 bridgehead atoms. The lowest BCUT2D eigenvalue weighted by atomic mass is 9.91. The number of aryl methyl sites for hydroxylation is 2. The molecule has 1 amide bonds. The van der Waals surface area contributed by atoms with E-state index in [1.54, 1.807) is 37.4 Å². The maximum absolute atomic E-state index is 17.6. The van der Waals surface area contributed by atoms with Crippen molar-refractivity contribution in [1.82, 2.24) is 25.2 Å². The number of piperidine rings is 1. The molecule has 3 aromatic carbocycles. The molecule has 57 heavy (non-hydrogen) atoms. The van der Waals surface area contributed by atoms with E-state index in [-0.39, 0.29) is 35.1 Å². The third kappa shape index (κ3) is 6.90. The highest BCUT2D eigenvalue weighted by molar-refractivity contribution is 6.31. The number of alkyl carbamates (subject to hydrolysis) is 1. The highest BCUT2D eigenvalue weighted by Gasteiger charge is 2.45. The number of esters is 1. The number of aromatic nitrogens is 3. The molecule has 1 unspecified atom stereocenters. The normalized spacial score (nSPS) is 20.7. The topological polar surface area (TPSA) is 119 Å². The number of fused-ring (bicyclic) bond motifs is 7. The summed E-state index contributed by atoms with van der Waals surface area (Å²) in [6, 6.07) is 12.8. The number of amides is 1. The van der Waals surface area contributed by atoms with Gasteiger partial charge in [-0.05, 0) is 131 Å².